The van der Waals surface area contributed by atoms with Crippen molar-refractivity contribution in [3.63, 3.8) is 0 Å². The number of carboxylic acids is 1. The molecule has 0 unspecified atom stereocenters. The molecule has 0 saturated heterocycles. The second-order valence-corrected chi connectivity index (χ2v) is 5.91. The smallest absolute Gasteiger partial charge is 0.308 e. The summed E-state index contributed by atoms with van der Waals surface area (Å²) in [6.07, 6.45) is 1.39. The van der Waals surface area contributed by atoms with E-state index in [9.17, 15) is 14.7 Å². The van der Waals surface area contributed by atoms with Crippen molar-refractivity contribution in [3.05, 3.63) is 48.6 Å². The number of allylic oxidation sites excluding steroid dienone is 1. The van der Waals surface area contributed by atoms with E-state index in [4.69, 9.17) is 4.74 Å². The second kappa shape index (κ2) is 7.07. The zero-order chi connectivity index (χ0) is 16.0. The molecule has 0 amide bonds. The molecule has 0 aromatic heterocycles. The number of esters is 1. The number of ether oxygens (including phenoxy) is 1. The fourth-order valence-electron chi connectivity index (χ4n) is 2.14. The lowest BCUT2D eigenvalue weighted by Crippen LogP contribution is -2.29. The van der Waals surface area contributed by atoms with Gasteiger partial charge in [0.25, 0.3) is 0 Å². The van der Waals surface area contributed by atoms with Crippen molar-refractivity contribution in [1.29, 1.82) is 0 Å². The highest BCUT2D eigenvalue weighted by Crippen LogP contribution is 2.29. The molecule has 0 saturated carbocycles. The van der Waals surface area contributed by atoms with Gasteiger partial charge in [-0.05, 0) is 26.3 Å². The van der Waals surface area contributed by atoms with Crippen LogP contribution in [0.25, 0.3) is 0 Å². The van der Waals surface area contributed by atoms with Crippen LogP contribution in [-0.4, -0.2) is 22.6 Å². The summed E-state index contributed by atoms with van der Waals surface area (Å²) in [4.78, 5) is 23.4. The molecule has 21 heavy (non-hydrogen) atoms. The molecule has 1 aromatic carbocycles. The Labute approximate surface area is 125 Å². The molecule has 4 heteroatoms. The monoisotopic (exact) mass is 290 g/mol. The fraction of sp³-hybridized carbons (Fsp3) is 0.412. The van der Waals surface area contributed by atoms with Crippen molar-refractivity contribution >= 4 is 11.9 Å². The van der Waals surface area contributed by atoms with Crippen LogP contribution in [-0.2, 0) is 14.3 Å². The normalized spacial score (nSPS) is 14.0. The molecule has 0 bridgehead atoms. The molecular weight excluding hydrogens is 268 g/mol. The Balaban J connectivity index is 2.93. The van der Waals surface area contributed by atoms with Crippen molar-refractivity contribution in [2.45, 2.75) is 38.7 Å². The lowest BCUT2D eigenvalue weighted by atomic mass is 9.84. The number of carbonyl (C=O) groups is 2. The van der Waals surface area contributed by atoms with Gasteiger partial charge in [0, 0.05) is 5.92 Å². The third-order valence-electron chi connectivity index (χ3n) is 3.00. The minimum Gasteiger partial charge on any atom is -0.481 e. The van der Waals surface area contributed by atoms with E-state index in [0.717, 1.165) is 5.56 Å². The van der Waals surface area contributed by atoms with Gasteiger partial charge in [-0.15, -0.1) is 6.58 Å². The van der Waals surface area contributed by atoms with E-state index in [1.165, 1.54) is 0 Å². The molecule has 1 rings (SSSR count). The maximum atomic E-state index is 11.9. The van der Waals surface area contributed by atoms with Gasteiger partial charge in [0.1, 0.15) is 5.60 Å². The average Bonchev–Trinajstić information content (AvgIpc) is 2.37. The van der Waals surface area contributed by atoms with Gasteiger partial charge in [0.05, 0.1) is 12.3 Å². The Bertz CT molecular complexity index is 499. The van der Waals surface area contributed by atoms with Crippen molar-refractivity contribution in [2.24, 2.45) is 5.92 Å². The van der Waals surface area contributed by atoms with E-state index in [0.29, 0.717) is 0 Å². The Kier molecular flexibility index (Phi) is 5.70. The SMILES string of the molecule is C=C[C@@H](c1ccccc1)[C@H](CC(=O)OC(C)(C)C)C(=O)O. The van der Waals surface area contributed by atoms with Crippen LogP contribution >= 0.6 is 0 Å². The summed E-state index contributed by atoms with van der Waals surface area (Å²) < 4.78 is 5.21. The van der Waals surface area contributed by atoms with Gasteiger partial charge >= 0.3 is 11.9 Å². The quantitative estimate of drug-likeness (QED) is 0.644. The molecular formula is C17H22O4. The van der Waals surface area contributed by atoms with Crippen molar-refractivity contribution in [3.8, 4) is 0 Å². The van der Waals surface area contributed by atoms with E-state index in [1.807, 2.05) is 30.3 Å². The van der Waals surface area contributed by atoms with Crippen LogP contribution in [0.1, 0.15) is 38.7 Å². The molecule has 0 fully saturated rings. The first-order chi connectivity index (χ1) is 9.74. The van der Waals surface area contributed by atoms with Crippen molar-refractivity contribution < 1.29 is 19.4 Å². The van der Waals surface area contributed by atoms with Crippen LogP contribution in [0.3, 0.4) is 0 Å². The maximum absolute atomic E-state index is 11.9. The van der Waals surface area contributed by atoms with Crippen LogP contribution in [0.2, 0.25) is 0 Å². The predicted molar refractivity (Wildman–Crippen MR) is 81.0 cm³/mol. The molecule has 1 aromatic rings. The van der Waals surface area contributed by atoms with Crippen LogP contribution in [0.5, 0.6) is 0 Å². The number of carbonyl (C=O) groups excluding carboxylic acids is 1. The molecule has 4 nitrogen and oxygen atoms in total. The molecule has 0 aliphatic rings. The number of aliphatic carboxylic acids is 1. The zero-order valence-electron chi connectivity index (χ0n) is 12.7. The van der Waals surface area contributed by atoms with Crippen molar-refractivity contribution in [2.75, 3.05) is 0 Å². The first-order valence-corrected chi connectivity index (χ1v) is 6.86. The molecule has 0 heterocycles. The summed E-state index contributed by atoms with van der Waals surface area (Å²) in [6.45, 7) is 8.97. The van der Waals surface area contributed by atoms with Gasteiger partial charge in [-0.1, -0.05) is 36.4 Å². The van der Waals surface area contributed by atoms with E-state index in [-0.39, 0.29) is 6.42 Å². The van der Waals surface area contributed by atoms with Crippen LogP contribution in [0.4, 0.5) is 0 Å². The number of carboxylic acid groups (broad SMARTS) is 1. The molecule has 114 valence electrons. The third kappa shape index (κ3) is 5.42. The van der Waals surface area contributed by atoms with E-state index in [1.54, 1.807) is 26.8 Å². The summed E-state index contributed by atoms with van der Waals surface area (Å²) in [5.41, 5.74) is 0.194. The highest BCUT2D eigenvalue weighted by Gasteiger charge is 2.31. The van der Waals surface area contributed by atoms with Crippen molar-refractivity contribution in [1.82, 2.24) is 0 Å². The van der Waals surface area contributed by atoms with Gasteiger partial charge in [0.2, 0.25) is 0 Å². The van der Waals surface area contributed by atoms with E-state index in [2.05, 4.69) is 6.58 Å². The Hall–Kier alpha value is -2.10. The summed E-state index contributed by atoms with van der Waals surface area (Å²) in [6, 6.07) is 9.18. The first-order valence-electron chi connectivity index (χ1n) is 6.86. The number of hydrogen-bond acceptors (Lipinski definition) is 3. The molecule has 1 N–H and O–H groups in total. The molecule has 0 aliphatic carbocycles. The van der Waals surface area contributed by atoms with Gasteiger partial charge in [0.15, 0.2) is 0 Å². The third-order valence-corrected chi connectivity index (χ3v) is 3.00. The van der Waals surface area contributed by atoms with Crippen LogP contribution in [0, 0.1) is 5.92 Å². The van der Waals surface area contributed by atoms with E-state index < -0.39 is 29.4 Å². The molecule has 0 aliphatic heterocycles. The minimum atomic E-state index is -1.03. The second-order valence-electron chi connectivity index (χ2n) is 5.91. The standard InChI is InChI=1S/C17H22O4/c1-5-13(12-9-7-6-8-10-12)14(16(19)20)11-15(18)21-17(2,3)4/h5-10,13-14H,1,11H2,2-4H3,(H,19,20)/t13-,14-/m0/s1. The minimum absolute atomic E-state index is 0.182. The molecule has 0 spiro atoms. The Morgan fingerprint density at radius 2 is 1.86 bits per heavy atom. The predicted octanol–water partition coefficient (Wildman–Crippen LogP) is 3.39. The maximum Gasteiger partial charge on any atom is 0.308 e. The lowest BCUT2D eigenvalue weighted by molar-refractivity contribution is -0.160. The van der Waals surface area contributed by atoms with Gasteiger partial charge < -0.3 is 9.84 Å². The van der Waals surface area contributed by atoms with Crippen LogP contribution in [0.15, 0.2) is 43.0 Å². The Morgan fingerprint density at radius 1 is 1.29 bits per heavy atom. The van der Waals surface area contributed by atoms with E-state index >= 15 is 0 Å². The number of hydrogen-bond donors (Lipinski definition) is 1. The zero-order valence-corrected chi connectivity index (χ0v) is 12.7. The van der Waals surface area contributed by atoms with Gasteiger partial charge in [-0.2, -0.15) is 0 Å². The summed E-state index contributed by atoms with van der Waals surface area (Å²) in [5.74, 6) is -2.87. The molecule has 0 radical (unpaired) electrons. The lowest BCUT2D eigenvalue weighted by Gasteiger charge is -2.24. The van der Waals surface area contributed by atoms with Gasteiger partial charge in [-0.25, -0.2) is 0 Å². The highest BCUT2D eigenvalue weighted by atomic mass is 16.6. The first kappa shape index (κ1) is 17.0. The summed E-state index contributed by atoms with van der Waals surface area (Å²) in [5, 5.41) is 9.43. The van der Waals surface area contributed by atoms with Crippen LogP contribution < -0.4 is 0 Å². The highest BCUT2D eigenvalue weighted by molar-refractivity contribution is 5.80. The largest absolute Gasteiger partial charge is 0.481 e. The molecule has 2 atom stereocenters. The van der Waals surface area contributed by atoms with Gasteiger partial charge in [-0.3, -0.25) is 9.59 Å². The number of rotatable bonds is 6. The fourth-order valence-corrected chi connectivity index (χ4v) is 2.14. The average molecular weight is 290 g/mol. The number of benzene rings is 1. The Morgan fingerprint density at radius 3 is 2.29 bits per heavy atom. The summed E-state index contributed by atoms with van der Waals surface area (Å²) >= 11 is 0. The topological polar surface area (TPSA) is 63.6 Å². The summed E-state index contributed by atoms with van der Waals surface area (Å²) in [7, 11) is 0.